The fourth-order valence-electron chi connectivity index (χ4n) is 1.27. The summed E-state index contributed by atoms with van der Waals surface area (Å²) in [5.41, 5.74) is 7.45. The van der Waals surface area contributed by atoms with Crippen LogP contribution in [-0.4, -0.2) is 24.8 Å². The Morgan fingerprint density at radius 3 is 2.59 bits per heavy atom. The second-order valence-corrected chi connectivity index (χ2v) is 4.38. The van der Waals surface area contributed by atoms with Gasteiger partial charge >= 0.3 is 0 Å². The van der Waals surface area contributed by atoms with E-state index in [4.69, 9.17) is 15.2 Å². The number of ether oxygens (including phenoxy) is 2. The maximum absolute atomic E-state index is 5.49. The second kappa shape index (κ2) is 8.17. The molecule has 17 heavy (non-hydrogen) atoms. The van der Waals surface area contributed by atoms with E-state index in [2.05, 4.69) is 18.8 Å². The van der Waals surface area contributed by atoms with E-state index >= 15 is 0 Å². The highest BCUT2D eigenvalue weighted by molar-refractivity contribution is 5.13. The Labute approximate surface area is 103 Å². The van der Waals surface area contributed by atoms with Crippen molar-refractivity contribution in [1.29, 1.82) is 0 Å². The zero-order chi connectivity index (χ0) is 12.5. The molecule has 0 spiro atoms. The van der Waals surface area contributed by atoms with Crippen LogP contribution in [0.1, 0.15) is 25.1 Å². The minimum atomic E-state index is 0.524. The lowest BCUT2D eigenvalue weighted by Crippen LogP contribution is -2.09. The molecule has 0 aromatic carbocycles. The standard InChI is InChI=1S/C13H22N2O2/c1-11(2)9-16-5-6-17-10-13-4-3-12(7-14)8-15-13/h3-4,8,11H,5-7,9-10,14H2,1-2H3. The topological polar surface area (TPSA) is 57.4 Å². The zero-order valence-electron chi connectivity index (χ0n) is 10.7. The normalized spacial score (nSPS) is 11.1. The van der Waals surface area contributed by atoms with E-state index in [-0.39, 0.29) is 0 Å². The van der Waals surface area contributed by atoms with E-state index in [0.29, 0.717) is 32.3 Å². The van der Waals surface area contributed by atoms with Crippen LogP contribution in [0.25, 0.3) is 0 Å². The molecular weight excluding hydrogens is 216 g/mol. The van der Waals surface area contributed by atoms with Crippen LogP contribution < -0.4 is 5.73 Å². The molecule has 0 saturated carbocycles. The maximum atomic E-state index is 5.49. The van der Waals surface area contributed by atoms with Crippen molar-refractivity contribution in [2.45, 2.75) is 27.0 Å². The van der Waals surface area contributed by atoms with Gasteiger partial charge in [-0.2, -0.15) is 0 Å². The van der Waals surface area contributed by atoms with Crippen molar-refractivity contribution in [2.24, 2.45) is 11.7 Å². The maximum Gasteiger partial charge on any atom is 0.0889 e. The van der Waals surface area contributed by atoms with Gasteiger partial charge in [-0.1, -0.05) is 19.9 Å². The lowest BCUT2D eigenvalue weighted by molar-refractivity contribution is 0.0305. The van der Waals surface area contributed by atoms with Crippen LogP contribution in [0.5, 0.6) is 0 Å². The third kappa shape index (κ3) is 6.36. The number of hydrogen-bond donors (Lipinski definition) is 1. The van der Waals surface area contributed by atoms with Crippen molar-refractivity contribution in [3.63, 3.8) is 0 Å². The Bertz CT molecular complexity index is 299. The molecule has 4 heteroatoms. The SMILES string of the molecule is CC(C)COCCOCc1ccc(CN)cn1. The van der Waals surface area contributed by atoms with Gasteiger partial charge in [-0.05, 0) is 17.5 Å². The largest absolute Gasteiger partial charge is 0.379 e. The van der Waals surface area contributed by atoms with Crippen molar-refractivity contribution in [3.05, 3.63) is 29.6 Å². The predicted octanol–water partition coefficient (Wildman–Crippen LogP) is 1.73. The van der Waals surface area contributed by atoms with Gasteiger partial charge in [0.05, 0.1) is 25.5 Å². The highest BCUT2D eigenvalue weighted by Crippen LogP contribution is 2.01. The predicted molar refractivity (Wildman–Crippen MR) is 67.4 cm³/mol. The molecule has 0 amide bonds. The molecule has 1 rings (SSSR count). The minimum Gasteiger partial charge on any atom is -0.379 e. The first kappa shape index (κ1) is 14.1. The first-order valence-corrected chi connectivity index (χ1v) is 6.01. The third-order valence-corrected chi connectivity index (χ3v) is 2.19. The van der Waals surface area contributed by atoms with E-state index in [1.807, 2.05) is 12.1 Å². The van der Waals surface area contributed by atoms with Crippen LogP contribution in [-0.2, 0) is 22.6 Å². The molecule has 2 N–H and O–H groups in total. The van der Waals surface area contributed by atoms with Crippen LogP contribution in [0.15, 0.2) is 18.3 Å². The summed E-state index contributed by atoms with van der Waals surface area (Å²) in [5.74, 6) is 0.570. The van der Waals surface area contributed by atoms with Crippen molar-refractivity contribution in [1.82, 2.24) is 4.98 Å². The van der Waals surface area contributed by atoms with E-state index < -0.39 is 0 Å². The van der Waals surface area contributed by atoms with Crippen LogP contribution >= 0.6 is 0 Å². The van der Waals surface area contributed by atoms with Gasteiger partial charge in [-0.25, -0.2) is 0 Å². The number of pyridine rings is 1. The van der Waals surface area contributed by atoms with Gasteiger partial charge < -0.3 is 15.2 Å². The summed E-state index contributed by atoms with van der Waals surface area (Å²) >= 11 is 0. The number of nitrogens with zero attached hydrogens (tertiary/aromatic N) is 1. The number of rotatable bonds is 8. The first-order valence-electron chi connectivity index (χ1n) is 6.01. The molecule has 1 heterocycles. The molecule has 0 saturated heterocycles. The Kier molecular flexibility index (Phi) is 6.77. The molecule has 4 nitrogen and oxygen atoms in total. The van der Waals surface area contributed by atoms with Gasteiger partial charge in [0.15, 0.2) is 0 Å². The summed E-state index contributed by atoms with van der Waals surface area (Å²) in [6.45, 7) is 7.33. The molecule has 0 aliphatic heterocycles. The Morgan fingerprint density at radius 1 is 1.24 bits per heavy atom. The molecule has 0 unspecified atom stereocenters. The molecule has 0 fully saturated rings. The van der Waals surface area contributed by atoms with Gasteiger partial charge in [-0.15, -0.1) is 0 Å². The highest BCUT2D eigenvalue weighted by atomic mass is 16.5. The monoisotopic (exact) mass is 238 g/mol. The zero-order valence-corrected chi connectivity index (χ0v) is 10.7. The third-order valence-electron chi connectivity index (χ3n) is 2.19. The summed E-state index contributed by atoms with van der Waals surface area (Å²) in [6.07, 6.45) is 1.79. The van der Waals surface area contributed by atoms with Crippen LogP contribution in [0, 0.1) is 5.92 Å². The number of hydrogen-bond acceptors (Lipinski definition) is 4. The van der Waals surface area contributed by atoms with E-state index in [9.17, 15) is 0 Å². The van der Waals surface area contributed by atoms with Gasteiger partial charge in [0, 0.05) is 19.3 Å². The Balaban J connectivity index is 2.09. The van der Waals surface area contributed by atoms with E-state index in [0.717, 1.165) is 17.9 Å². The second-order valence-electron chi connectivity index (χ2n) is 4.38. The van der Waals surface area contributed by atoms with Crippen LogP contribution in [0.3, 0.4) is 0 Å². The summed E-state index contributed by atoms with van der Waals surface area (Å²) in [6, 6.07) is 3.91. The summed E-state index contributed by atoms with van der Waals surface area (Å²) in [5, 5.41) is 0. The quantitative estimate of drug-likeness (QED) is 0.701. The molecule has 0 atom stereocenters. The Morgan fingerprint density at radius 2 is 2.00 bits per heavy atom. The Hall–Kier alpha value is -0.970. The molecular formula is C13H22N2O2. The highest BCUT2D eigenvalue weighted by Gasteiger charge is 1.97. The molecule has 96 valence electrons. The van der Waals surface area contributed by atoms with Gasteiger partial charge in [0.2, 0.25) is 0 Å². The smallest absolute Gasteiger partial charge is 0.0889 e. The van der Waals surface area contributed by atoms with Gasteiger partial charge in [0.25, 0.3) is 0 Å². The molecule has 1 aromatic rings. The van der Waals surface area contributed by atoms with Gasteiger partial charge in [-0.3, -0.25) is 4.98 Å². The fraction of sp³-hybridized carbons (Fsp3) is 0.615. The average molecular weight is 238 g/mol. The number of aromatic nitrogens is 1. The molecule has 0 bridgehead atoms. The van der Waals surface area contributed by atoms with Crippen molar-refractivity contribution in [2.75, 3.05) is 19.8 Å². The van der Waals surface area contributed by atoms with E-state index in [1.54, 1.807) is 6.20 Å². The molecule has 1 aromatic heterocycles. The first-order chi connectivity index (χ1) is 8.22. The lowest BCUT2D eigenvalue weighted by atomic mass is 10.2. The van der Waals surface area contributed by atoms with Crippen LogP contribution in [0.2, 0.25) is 0 Å². The van der Waals surface area contributed by atoms with Crippen LogP contribution in [0.4, 0.5) is 0 Å². The van der Waals surface area contributed by atoms with Crippen molar-refractivity contribution in [3.8, 4) is 0 Å². The lowest BCUT2D eigenvalue weighted by Gasteiger charge is -2.07. The van der Waals surface area contributed by atoms with Crippen molar-refractivity contribution >= 4 is 0 Å². The summed E-state index contributed by atoms with van der Waals surface area (Å²) < 4.78 is 10.9. The molecule has 0 aliphatic rings. The minimum absolute atomic E-state index is 0.524. The molecule has 0 aliphatic carbocycles. The molecule has 0 radical (unpaired) electrons. The van der Waals surface area contributed by atoms with Crippen molar-refractivity contribution < 1.29 is 9.47 Å². The summed E-state index contributed by atoms with van der Waals surface area (Å²) in [4.78, 5) is 4.25. The van der Waals surface area contributed by atoms with E-state index in [1.165, 1.54) is 0 Å². The average Bonchev–Trinajstić information content (AvgIpc) is 2.34. The summed E-state index contributed by atoms with van der Waals surface area (Å²) in [7, 11) is 0. The fourth-order valence-corrected chi connectivity index (χ4v) is 1.27. The van der Waals surface area contributed by atoms with Gasteiger partial charge in [0.1, 0.15) is 0 Å². The number of nitrogens with two attached hydrogens (primary N) is 1.